The summed E-state index contributed by atoms with van der Waals surface area (Å²) < 4.78 is 43.8. The van der Waals surface area contributed by atoms with Crippen LogP contribution in [0.2, 0.25) is 5.02 Å². The zero-order valence-electron chi connectivity index (χ0n) is 15.4. The number of hydrogen-bond donors (Lipinski definition) is 1. The standard InChI is InChI=1S/C20H16ClF3N2O4/c21-13-4-3-5-14(9-13)26-10-12(8-18(26)28)19(29)30-11-17(27)25-16-7-2-1-6-15(16)20(22,23)24/h1-7,9,12H,8,10-11H2,(H,25,27)/t12-/m1/s1. The molecule has 6 nitrogen and oxygen atoms in total. The molecule has 0 radical (unpaired) electrons. The number of alkyl halides is 3. The molecule has 0 aromatic heterocycles. The maximum Gasteiger partial charge on any atom is 0.418 e. The zero-order chi connectivity index (χ0) is 21.9. The fraction of sp³-hybridized carbons (Fsp3) is 0.250. The van der Waals surface area contributed by atoms with E-state index in [0.29, 0.717) is 10.7 Å². The zero-order valence-corrected chi connectivity index (χ0v) is 16.2. The molecule has 3 rings (SSSR count). The van der Waals surface area contributed by atoms with Gasteiger partial charge in [0.1, 0.15) is 0 Å². The van der Waals surface area contributed by atoms with Crippen LogP contribution in [-0.2, 0) is 25.3 Å². The first-order chi connectivity index (χ1) is 14.1. The highest BCUT2D eigenvalue weighted by molar-refractivity contribution is 6.31. The van der Waals surface area contributed by atoms with Crippen LogP contribution in [0, 0.1) is 5.92 Å². The van der Waals surface area contributed by atoms with Crippen molar-refractivity contribution in [3.8, 4) is 0 Å². The van der Waals surface area contributed by atoms with E-state index in [4.69, 9.17) is 16.3 Å². The summed E-state index contributed by atoms with van der Waals surface area (Å²) >= 11 is 5.92. The number of nitrogens with zero attached hydrogens (tertiary/aromatic N) is 1. The molecule has 10 heteroatoms. The van der Waals surface area contributed by atoms with E-state index in [0.717, 1.165) is 12.1 Å². The minimum atomic E-state index is -4.64. The topological polar surface area (TPSA) is 75.7 Å². The predicted octanol–water partition coefficient (Wildman–Crippen LogP) is 3.89. The van der Waals surface area contributed by atoms with Crippen molar-refractivity contribution in [2.24, 2.45) is 5.92 Å². The van der Waals surface area contributed by atoms with Crippen LogP contribution >= 0.6 is 11.6 Å². The number of rotatable bonds is 5. The summed E-state index contributed by atoms with van der Waals surface area (Å²) in [7, 11) is 0. The Kier molecular flexibility index (Phi) is 6.31. The molecule has 1 N–H and O–H groups in total. The number of para-hydroxylation sites is 1. The summed E-state index contributed by atoms with van der Waals surface area (Å²) in [5.74, 6) is -2.81. The molecule has 1 aliphatic heterocycles. The van der Waals surface area contributed by atoms with Crippen molar-refractivity contribution in [1.29, 1.82) is 0 Å². The number of benzene rings is 2. The fourth-order valence-electron chi connectivity index (χ4n) is 3.04. The van der Waals surface area contributed by atoms with Gasteiger partial charge in [0.15, 0.2) is 6.61 Å². The van der Waals surface area contributed by atoms with Crippen LogP contribution < -0.4 is 10.2 Å². The molecule has 0 saturated carbocycles. The largest absolute Gasteiger partial charge is 0.455 e. The average molecular weight is 441 g/mol. The lowest BCUT2D eigenvalue weighted by molar-refractivity contribution is -0.151. The van der Waals surface area contributed by atoms with E-state index in [1.54, 1.807) is 24.3 Å². The van der Waals surface area contributed by atoms with Crippen LogP contribution in [0.4, 0.5) is 24.5 Å². The van der Waals surface area contributed by atoms with Crippen molar-refractivity contribution in [3.05, 3.63) is 59.1 Å². The van der Waals surface area contributed by atoms with Gasteiger partial charge in [0.2, 0.25) is 5.91 Å². The Hall–Kier alpha value is -3.07. The Morgan fingerprint density at radius 3 is 2.60 bits per heavy atom. The number of carbonyl (C=O) groups is 3. The summed E-state index contributed by atoms with van der Waals surface area (Å²) in [5, 5.41) is 2.52. The number of halogens is 4. The van der Waals surface area contributed by atoms with Crippen molar-refractivity contribution in [1.82, 2.24) is 0 Å². The van der Waals surface area contributed by atoms with E-state index in [1.165, 1.54) is 17.0 Å². The Labute approximate surface area is 174 Å². The van der Waals surface area contributed by atoms with Crippen molar-refractivity contribution < 1.29 is 32.3 Å². The minimum absolute atomic E-state index is 0.0521. The number of anilines is 2. The molecule has 2 amide bonds. The van der Waals surface area contributed by atoms with E-state index in [9.17, 15) is 27.6 Å². The van der Waals surface area contributed by atoms with Gasteiger partial charge in [0.25, 0.3) is 5.91 Å². The van der Waals surface area contributed by atoms with Gasteiger partial charge in [-0.05, 0) is 30.3 Å². The maximum absolute atomic E-state index is 13.0. The van der Waals surface area contributed by atoms with E-state index in [-0.39, 0.29) is 18.9 Å². The number of amides is 2. The summed E-state index contributed by atoms with van der Waals surface area (Å²) in [5.41, 5.74) is -0.915. The summed E-state index contributed by atoms with van der Waals surface area (Å²) in [6.07, 6.45) is -4.75. The van der Waals surface area contributed by atoms with Gasteiger partial charge in [0.05, 0.1) is 17.2 Å². The number of nitrogens with one attached hydrogen (secondary N) is 1. The number of esters is 1. The van der Waals surface area contributed by atoms with Crippen LogP contribution in [0.15, 0.2) is 48.5 Å². The van der Waals surface area contributed by atoms with Crippen molar-refractivity contribution >= 4 is 40.8 Å². The molecule has 1 aliphatic rings. The van der Waals surface area contributed by atoms with Gasteiger partial charge >= 0.3 is 12.1 Å². The summed E-state index contributed by atoms with van der Waals surface area (Å²) in [6, 6.07) is 11.0. The highest BCUT2D eigenvalue weighted by Crippen LogP contribution is 2.34. The molecule has 1 saturated heterocycles. The van der Waals surface area contributed by atoms with Crippen LogP contribution in [-0.4, -0.2) is 30.9 Å². The fourth-order valence-corrected chi connectivity index (χ4v) is 3.22. The smallest absolute Gasteiger partial charge is 0.418 e. The van der Waals surface area contributed by atoms with Crippen LogP contribution in [0.25, 0.3) is 0 Å². The van der Waals surface area contributed by atoms with Gasteiger partial charge in [-0.3, -0.25) is 14.4 Å². The van der Waals surface area contributed by atoms with E-state index < -0.39 is 41.8 Å². The minimum Gasteiger partial charge on any atom is -0.455 e. The molecule has 0 aliphatic carbocycles. The number of hydrogen-bond acceptors (Lipinski definition) is 4. The maximum atomic E-state index is 13.0. The lowest BCUT2D eigenvalue weighted by atomic mass is 10.1. The molecular weight excluding hydrogens is 425 g/mol. The highest BCUT2D eigenvalue weighted by atomic mass is 35.5. The molecule has 30 heavy (non-hydrogen) atoms. The first kappa shape index (κ1) is 21.6. The second kappa shape index (κ2) is 8.74. The van der Waals surface area contributed by atoms with E-state index >= 15 is 0 Å². The Morgan fingerprint density at radius 2 is 1.90 bits per heavy atom. The van der Waals surface area contributed by atoms with Crippen molar-refractivity contribution in [2.45, 2.75) is 12.6 Å². The first-order valence-electron chi connectivity index (χ1n) is 8.84. The van der Waals surface area contributed by atoms with Crippen molar-refractivity contribution in [3.63, 3.8) is 0 Å². The van der Waals surface area contributed by atoms with E-state index in [1.807, 2.05) is 0 Å². The lowest BCUT2D eigenvalue weighted by Gasteiger charge is -2.17. The third-order valence-electron chi connectivity index (χ3n) is 4.43. The van der Waals surface area contributed by atoms with Crippen molar-refractivity contribution in [2.75, 3.05) is 23.4 Å². The van der Waals surface area contributed by atoms with Gasteiger partial charge in [-0.15, -0.1) is 0 Å². The third kappa shape index (κ3) is 5.10. The van der Waals surface area contributed by atoms with Crippen LogP contribution in [0.5, 0.6) is 0 Å². The third-order valence-corrected chi connectivity index (χ3v) is 4.67. The lowest BCUT2D eigenvalue weighted by Crippen LogP contribution is -2.28. The molecule has 1 heterocycles. The van der Waals surface area contributed by atoms with Gasteiger partial charge in [-0.1, -0.05) is 29.8 Å². The Balaban J connectivity index is 1.56. The second-order valence-corrected chi connectivity index (χ2v) is 7.02. The monoisotopic (exact) mass is 440 g/mol. The average Bonchev–Trinajstić information content (AvgIpc) is 3.07. The molecule has 158 valence electrons. The highest BCUT2D eigenvalue weighted by Gasteiger charge is 2.37. The molecule has 1 atom stereocenters. The van der Waals surface area contributed by atoms with Gasteiger partial charge in [-0.2, -0.15) is 13.2 Å². The van der Waals surface area contributed by atoms with Gasteiger partial charge in [-0.25, -0.2) is 0 Å². The summed E-state index contributed by atoms with van der Waals surface area (Å²) in [4.78, 5) is 37.8. The quantitative estimate of drug-likeness (QED) is 0.716. The Bertz CT molecular complexity index is 981. The molecular formula is C20H16ClF3N2O4. The first-order valence-corrected chi connectivity index (χ1v) is 9.21. The van der Waals surface area contributed by atoms with Gasteiger partial charge < -0.3 is 15.0 Å². The Morgan fingerprint density at radius 1 is 1.17 bits per heavy atom. The van der Waals surface area contributed by atoms with Crippen LogP contribution in [0.3, 0.4) is 0 Å². The molecule has 1 fully saturated rings. The molecule has 0 bridgehead atoms. The second-order valence-electron chi connectivity index (χ2n) is 6.58. The predicted molar refractivity (Wildman–Crippen MR) is 103 cm³/mol. The molecule has 0 unspecified atom stereocenters. The molecule has 0 spiro atoms. The van der Waals surface area contributed by atoms with Gasteiger partial charge in [0, 0.05) is 23.7 Å². The van der Waals surface area contributed by atoms with E-state index in [2.05, 4.69) is 5.32 Å². The van der Waals surface area contributed by atoms with Crippen LogP contribution in [0.1, 0.15) is 12.0 Å². The number of carbonyl (C=O) groups excluding carboxylic acids is 3. The summed E-state index contributed by atoms with van der Waals surface area (Å²) in [6.45, 7) is -0.719. The SMILES string of the molecule is O=C(COC(=O)[C@@H]1CC(=O)N(c2cccc(Cl)c2)C1)Nc1ccccc1C(F)(F)F. The normalized spacial score (nSPS) is 16.5. The molecule has 2 aromatic carbocycles. The number of ether oxygens (including phenoxy) is 1. The molecule has 2 aromatic rings.